The maximum absolute atomic E-state index is 12.1. The number of carbonyl (C=O) groups is 2. The molecular weight excluding hydrogens is 296 g/mol. The summed E-state index contributed by atoms with van der Waals surface area (Å²) in [6.07, 6.45) is 7.46. The fourth-order valence-corrected chi connectivity index (χ4v) is 3.64. The quantitative estimate of drug-likeness (QED) is 0.682. The lowest BCUT2D eigenvalue weighted by atomic mass is 9.89. The number of nitrogens with one attached hydrogen (secondary N) is 2. The summed E-state index contributed by atoms with van der Waals surface area (Å²) in [6, 6.07) is -0.168. The predicted octanol–water partition coefficient (Wildman–Crippen LogP) is 1.12. The van der Waals surface area contributed by atoms with Crippen molar-refractivity contribution in [3.05, 3.63) is 0 Å². The summed E-state index contributed by atoms with van der Waals surface area (Å²) < 4.78 is 5.79. The van der Waals surface area contributed by atoms with Gasteiger partial charge in [-0.25, -0.2) is 0 Å². The molecule has 1 saturated carbocycles. The van der Waals surface area contributed by atoms with Crippen LogP contribution in [0.2, 0.25) is 0 Å². The van der Waals surface area contributed by atoms with Crippen LogP contribution in [0, 0.1) is 5.92 Å². The zero-order valence-corrected chi connectivity index (χ0v) is 14.1. The highest BCUT2D eigenvalue weighted by Gasteiger charge is 2.32. The molecule has 0 aromatic carbocycles. The van der Waals surface area contributed by atoms with Gasteiger partial charge in [-0.05, 0) is 31.6 Å². The molecule has 3 N–H and O–H groups in total. The highest BCUT2D eigenvalue weighted by Crippen LogP contribution is 2.24. The minimum atomic E-state index is -0.427. The van der Waals surface area contributed by atoms with Gasteiger partial charge in [-0.2, -0.15) is 0 Å². The molecule has 0 spiro atoms. The summed E-state index contributed by atoms with van der Waals surface area (Å²) in [4.78, 5) is 23.2. The Kier molecular flexibility index (Phi) is 7.30. The summed E-state index contributed by atoms with van der Waals surface area (Å²) in [5, 5.41) is 15.2. The van der Waals surface area contributed by atoms with Crippen molar-refractivity contribution in [2.45, 2.75) is 76.5 Å². The molecule has 3 atom stereocenters. The number of rotatable bonds is 6. The van der Waals surface area contributed by atoms with Crippen LogP contribution in [0.25, 0.3) is 0 Å². The van der Waals surface area contributed by atoms with E-state index < -0.39 is 6.10 Å². The molecule has 1 saturated heterocycles. The van der Waals surface area contributed by atoms with Crippen molar-refractivity contribution < 1.29 is 19.4 Å². The van der Waals surface area contributed by atoms with E-state index in [1.165, 1.54) is 39.0 Å². The second kappa shape index (κ2) is 9.23. The van der Waals surface area contributed by atoms with Crippen LogP contribution >= 0.6 is 0 Å². The Morgan fingerprint density at radius 3 is 2.52 bits per heavy atom. The molecule has 0 aromatic heterocycles. The van der Waals surface area contributed by atoms with Crippen LogP contribution in [0.1, 0.15) is 58.3 Å². The van der Waals surface area contributed by atoms with Gasteiger partial charge in [0.1, 0.15) is 6.10 Å². The molecule has 1 aliphatic heterocycles. The summed E-state index contributed by atoms with van der Waals surface area (Å²) in [5.74, 6) is 0.519. The van der Waals surface area contributed by atoms with Crippen LogP contribution in [0.5, 0.6) is 0 Å². The lowest BCUT2D eigenvalue weighted by Crippen LogP contribution is -2.51. The molecule has 0 bridgehead atoms. The summed E-state index contributed by atoms with van der Waals surface area (Å²) in [7, 11) is 0. The molecule has 1 heterocycles. The second-order valence-electron chi connectivity index (χ2n) is 6.88. The molecule has 1 aliphatic carbocycles. The molecule has 0 unspecified atom stereocenters. The first-order valence-electron chi connectivity index (χ1n) is 8.88. The van der Waals surface area contributed by atoms with Gasteiger partial charge in [0.05, 0.1) is 25.2 Å². The van der Waals surface area contributed by atoms with Crippen LogP contribution < -0.4 is 10.6 Å². The predicted molar refractivity (Wildman–Crippen MR) is 86.8 cm³/mol. The monoisotopic (exact) mass is 326 g/mol. The zero-order valence-electron chi connectivity index (χ0n) is 14.1. The topological polar surface area (TPSA) is 87.7 Å². The van der Waals surface area contributed by atoms with Gasteiger partial charge in [-0.15, -0.1) is 0 Å². The molecule has 2 aliphatic rings. The highest BCUT2D eigenvalue weighted by atomic mass is 16.5. The van der Waals surface area contributed by atoms with E-state index in [4.69, 9.17) is 4.74 Å². The first-order chi connectivity index (χ1) is 11.1. The molecule has 0 radical (unpaired) electrons. The zero-order chi connectivity index (χ0) is 16.7. The van der Waals surface area contributed by atoms with E-state index in [0.29, 0.717) is 12.3 Å². The Morgan fingerprint density at radius 1 is 1.13 bits per heavy atom. The fraction of sp³-hybridized carbons (Fsp3) is 0.882. The number of aliphatic hydroxyl groups excluding tert-OH is 1. The van der Waals surface area contributed by atoms with E-state index in [0.717, 1.165) is 19.4 Å². The van der Waals surface area contributed by atoms with Crippen LogP contribution in [0.4, 0.5) is 0 Å². The largest absolute Gasteiger partial charge is 0.394 e. The Bertz CT molecular complexity index is 396. The van der Waals surface area contributed by atoms with Gasteiger partial charge in [0.2, 0.25) is 11.8 Å². The number of amides is 2. The Balaban J connectivity index is 1.70. The molecule has 6 nitrogen and oxygen atoms in total. The van der Waals surface area contributed by atoms with Gasteiger partial charge < -0.3 is 20.5 Å². The van der Waals surface area contributed by atoms with E-state index in [2.05, 4.69) is 10.6 Å². The van der Waals surface area contributed by atoms with Crippen molar-refractivity contribution in [2.24, 2.45) is 5.92 Å². The molecular formula is C17H30N2O4. The number of hydrogen-bond acceptors (Lipinski definition) is 4. The average Bonchev–Trinajstić information content (AvgIpc) is 2.55. The first kappa shape index (κ1) is 18.2. The number of carbonyl (C=O) groups excluding carboxylic acids is 2. The van der Waals surface area contributed by atoms with Crippen LogP contribution in [0.3, 0.4) is 0 Å². The standard InChI is InChI=1S/C17H30N2O4/c1-12(21)19-15-8-7-14(23-16(15)11-20)9-17(22)18-10-13-5-3-2-4-6-13/h13-16,20H,2-11H2,1H3,(H,18,22)(H,19,21)/t14-,15+,16-/m0/s1. The number of hydrogen-bond donors (Lipinski definition) is 3. The van der Waals surface area contributed by atoms with Gasteiger partial charge in [0.25, 0.3) is 0 Å². The molecule has 2 rings (SSSR count). The smallest absolute Gasteiger partial charge is 0.222 e. The lowest BCUT2D eigenvalue weighted by Gasteiger charge is -2.35. The van der Waals surface area contributed by atoms with Gasteiger partial charge >= 0.3 is 0 Å². The summed E-state index contributed by atoms with van der Waals surface area (Å²) in [6.45, 7) is 2.08. The van der Waals surface area contributed by atoms with Crippen molar-refractivity contribution in [2.75, 3.05) is 13.2 Å². The van der Waals surface area contributed by atoms with Crippen LogP contribution in [0.15, 0.2) is 0 Å². The molecule has 0 aromatic rings. The van der Waals surface area contributed by atoms with Gasteiger partial charge in [-0.3, -0.25) is 9.59 Å². The Morgan fingerprint density at radius 2 is 1.87 bits per heavy atom. The molecule has 2 amide bonds. The highest BCUT2D eigenvalue weighted by molar-refractivity contribution is 5.76. The summed E-state index contributed by atoms with van der Waals surface area (Å²) in [5.41, 5.74) is 0. The maximum atomic E-state index is 12.1. The molecule has 23 heavy (non-hydrogen) atoms. The maximum Gasteiger partial charge on any atom is 0.222 e. The SMILES string of the molecule is CC(=O)N[C@@H]1CC[C@@H](CC(=O)NCC2CCCCC2)O[C@H]1CO. The van der Waals surface area contributed by atoms with E-state index >= 15 is 0 Å². The van der Waals surface area contributed by atoms with Crippen molar-refractivity contribution in [1.82, 2.24) is 10.6 Å². The van der Waals surface area contributed by atoms with Crippen LogP contribution in [-0.4, -0.2) is 48.3 Å². The fourth-order valence-electron chi connectivity index (χ4n) is 3.64. The second-order valence-corrected chi connectivity index (χ2v) is 6.88. The molecule has 2 fully saturated rings. The van der Waals surface area contributed by atoms with E-state index in [1.807, 2.05) is 0 Å². The Hall–Kier alpha value is -1.14. The molecule has 132 valence electrons. The van der Waals surface area contributed by atoms with E-state index in [9.17, 15) is 14.7 Å². The minimum Gasteiger partial charge on any atom is -0.394 e. The third kappa shape index (κ3) is 6.11. The van der Waals surface area contributed by atoms with E-state index in [1.54, 1.807) is 0 Å². The number of ether oxygens (including phenoxy) is 1. The molecule has 6 heteroatoms. The lowest BCUT2D eigenvalue weighted by molar-refractivity contribution is -0.135. The third-order valence-electron chi connectivity index (χ3n) is 4.91. The van der Waals surface area contributed by atoms with Crippen molar-refractivity contribution in [3.8, 4) is 0 Å². The third-order valence-corrected chi connectivity index (χ3v) is 4.91. The normalized spacial score (nSPS) is 29.0. The van der Waals surface area contributed by atoms with Gasteiger partial charge in [-0.1, -0.05) is 19.3 Å². The van der Waals surface area contributed by atoms with Gasteiger partial charge in [0, 0.05) is 13.5 Å². The number of aliphatic hydroxyl groups is 1. The van der Waals surface area contributed by atoms with Crippen molar-refractivity contribution in [1.29, 1.82) is 0 Å². The van der Waals surface area contributed by atoms with Crippen molar-refractivity contribution >= 4 is 11.8 Å². The van der Waals surface area contributed by atoms with Crippen molar-refractivity contribution in [3.63, 3.8) is 0 Å². The average molecular weight is 326 g/mol. The minimum absolute atomic E-state index is 0.0234. The Labute approximate surface area is 138 Å². The van der Waals surface area contributed by atoms with Crippen LogP contribution in [-0.2, 0) is 14.3 Å². The van der Waals surface area contributed by atoms with E-state index in [-0.39, 0.29) is 30.6 Å². The first-order valence-corrected chi connectivity index (χ1v) is 8.88. The summed E-state index contributed by atoms with van der Waals surface area (Å²) >= 11 is 0. The van der Waals surface area contributed by atoms with Gasteiger partial charge in [0.15, 0.2) is 0 Å².